The smallest absolute Gasteiger partial charge is 0.138 e. The zero-order valence-corrected chi connectivity index (χ0v) is 10.7. The molecule has 0 amide bonds. The maximum Gasteiger partial charge on any atom is 0.138 e. The molecule has 1 heterocycles. The Morgan fingerprint density at radius 1 is 1.25 bits per heavy atom. The monoisotopic (exact) mass is 297 g/mol. The first kappa shape index (κ1) is 11.4. The lowest BCUT2D eigenvalue weighted by Gasteiger charge is -2.07. The molecule has 0 saturated carbocycles. The normalized spacial score (nSPS) is 10.1. The van der Waals surface area contributed by atoms with Gasteiger partial charge >= 0.3 is 0 Å². The third-order valence-electron chi connectivity index (χ3n) is 2.02. The lowest BCUT2D eigenvalue weighted by atomic mass is 10.2. The number of nitrogens with zero attached hydrogens (tertiary/aromatic N) is 1. The van der Waals surface area contributed by atoms with Crippen LogP contribution in [0.2, 0.25) is 5.15 Å². The molecular formula is C12H9BrClNO. The van der Waals surface area contributed by atoms with Crippen LogP contribution < -0.4 is 4.74 Å². The van der Waals surface area contributed by atoms with Crippen molar-refractivity contribution in [3.63, 3.8) is 0 Å². The van der Waals surface area contributed by atoms with Gasteiger partial charge in [-0.2, -0.15) is 0 Å². The van der Waals surface area contributed by atoms with Crippen molar-refractivity contribution in [2.45, 2.75) is 6.61 Å². The molecule has 0 radical (unpaired) electrons. The van der Waals surface area contributed by atoms with Crippen LogP contribution >= 0.6 is 27.5 Å². The van der Waals surface area contributed by atoms with E-state index in [0.29, 0.717) is 17.5 Å². The number of aromatic nitrogens is 1. The Bertz CT molecular complexity index is 476. The van der Waals surface area contributed by atoms with Gasteiger partial charge in [0.05, 0.1) is 4.47 Å². The summed E-state index contributed by atoms with van der Waals surface area (Å²) < 4.78 is 6.43. The minimum absolute atomic E-state index is 0.422. The van der Waals surface area contributed by atoms with Gasteiger partial charge in [0.15, 0.2) is 0 Å². The zero-order valence-electron chi connectivity index (χ0n) is 8.36. The molecule has 1 aromatic heterocycles. The molecule has 2 rings (SSSR count). The predicted molar refractivity (Wildman–Crippen MR) is 67.7 cm³/mol. The van der Waals surface area contributed by atoms with Crippen LogP contribution in [0.25, 0.3) is 0 Å². The molecule has 0 aliphatic heterocycles. The second-order valence-corrected chi connectivity index (χ2v) is 4.45. The van der Waals surface area contributed by atoms with Crippen molar-refractivity contribution in [1.29, 1.82) is 0 Å². The molecule has 0 N–H and O–H groups in total. The van der Waals surface area contributed by atoms with Gasteiger partial charge in [0.25, 0.3) is 0 Å². The van der Waals surface area contributed by atoms with Gasteiger partial charge in [0.1, 0.15) is 17.5 Å². The molecule has 16 heavy (non-hydrogen) atoms. The lowest BCUT2D eigenvalue weighted by molar-refractivity contribution is 0.304. The topological polar surface area (TPSA) is 22.1 Å². The maximum atomic E-state index is 5.79. The highest BCUT2D eigenvalue weighted by Crippen LogP contribution is 2.26. The van der Waals surface area contributed by atoms with Gasteiger partial charge in [-0.05, 0) is 21.5 Å². The third-order valence-corrected chi connectivity index (χ3v) is 2.83. The third kappa shape index (κ3) is 2.97. The maximum absolute atomic E-state index is 5.79. The fraction of sp³-hybridized carbons (Fsp3) is 0.0833. The van der Waals surface area contributed by atoms with Crippen molar-refractivity contribution < 1.29 is 4.74 Å². The molecular weight excluding hydrogens is 289 g/mol. The van der Waals surface area contributed by atoms with E-state index in [-0.39, 0.29) is 0 Å². The molecule has 0 saturated heterocycles. The summed E-state index contributed by atoms with van der Waals surface area (Å²) in [6.07, 6.45) is 1.63. The van der Waals surface area contributed by atoms with Gasteiger partial charge in [-0.1, -0.05) is 41.9 Å². The van der Waals surface area contributed by atoms with Crippen LogP contribution in [0.3, 0.4) is 0 Å². The standard InChI is InChI=1S/C12H9BrClNO/c13-10-7-15-12(14)6-11(10)16-8-9-4-2-1-3-5-9/h1-7H,8H2. The molecule has 2 aromatic rings. The molecule has 0 spiro atoms. The van der Waals surface area contributed by atoms with Gasteiger partial charge in [0.2, 0.25) is 0 Å². The van der Waals surface area contributed by atoms with Crippen molar-refractivity contribution in [2.24, 2.45) is 0 Å². The first-order chi connectivity index (χ1) is 7.75. The van der Waals surface area contributed by atoms with Crippen LogP contribution in [0.1, 0.15) is 5.56 Å². The Morgan fingerprint density at radius 3 is 2.75 bits per heavy atom. The van der Waals surface area contributed by atoms with Crippen molar-refractivity contribution in [2.75, 3.05) is 0 Å². The van der Waals surface area contributed by atoms with Crippen LogP contribution in [0.5, 0.6) is 5.75 Å². The van der Waals surface area contributed by atoms with E-state index in [0.717, 1.165) is 10.0 Å². The van der Waals surface area contributed by atoms with Crippen molar-refractivity contribution in [3.8, 4) is 5.75 Å². The Balaban J connectivity index is 2.08. The number of halogens is 2. The molecule has 0 bridgehead atoms. The van der Waals surface area contributed by atoms with Crippen LogP contribution in [0, 0.1) is 0 Å². The summed E-state index contributed by atoms with van der Waals surface area (Å²) in [5, 5.41) is 0.422. The van der Waals surface area contributed by atoms with E-state index in [1.807, 2.05) is 30.3 Å². The summed E-state index contributed by atoms with van der Waals surface area (Å²) in [6, 6.07) is 11.6. The Labute approximate surface area is 107 Å². The zero-order chi connectivity index (χ0) is 11.4. The fourth-order valence-electron chi connectivity index (χ4n) is 1.24. The second kappa shape index (κ2) is 5.32. The summed E-state index contributed by atoms with van der Waals surface area (Å²) in [5.74, 6) is 0.698. The quantitative estimate of drug-likeness (QED) is 0.797. The van der Waals surface area contributed by atoms with Crippen LogP contribution in [-0.4, -0.2) is 4.98 Å². The molecule has 4 heteroatoms. The number of benzene rings is 1. The average Bonchev–Trinajstić information content (AvgIpc) is 2.32. The summed E-state index contributed by atoms with van der Waals surface area (Å²) in [4.78, 5) is 3.93. The number of hydrogen-bond acceptors (Lipinski definition) is 2. The molecule has 0 unspecified atom stereocenters. The molecule has 1 aromatic carbocycles. The number of pyridine rings is 1. The van der Waals surface area contributed by atoms with Crippen LogP contribution in [0.4, 0.5) is 0 Å². The molecule has 0 aliphatic carbocycles. The minimum Gasteiger partial charge on any atom is -0.488 e. The summed E-state index contributed by atoms with van der Waals surface area (Å²) in [6.45, 7) is 0.514. The van der Waals surface area contributed by atoms with Crippen molar-refractivity contribution in [3.05, 3.63) is 57.8 Å². The van der Waals surface area contributed by atoms with Gasteiger partial charge in [0, 0.05) is 12.3 Å². The van der Waals surface area contributed by atoms with Crippen molar-refractivity contribution in [1.82, 2.24) is 4.98 Å². The number of ether oxygens (including phenoxy) is 1. The summed E-state index contributed by atoms with van der Waals surface area (Å²) in [5.41, 5.74) is 1.11. The minimum atomic E-state index is 0.422. The second-order valence-electron chi connectivity index (χ2n) is 3.21. The van der Waals surface area contributed by atoms with E-state index in [4.69, 9.17) is 16.3 Å². The molecule has 0 fully saturated rings. The fourth-order valence-corrected chi connectivity index (χ4v) is 1.72. The van der Waals surface area contributed by atoms with Crippen LogP contribution in [-0.2, 0) is 6.61 Å². The molecule has 0 atom stereocenters. The first-order valence-electron chi connectivity index (χ1n) is 4.73. The highest BCUT2D eigenvalue weighted by molar-refractivity contribution is 9.10. The van der Waals surface area contributed by atoms with E-state index in [9.17, 15) is 0 Å². The summed E-state index contributed by atoms with van der Waals surface area (Å²) in [7, 11) is 0. The first-order valence-corrected chi connectivity index (χ1v) is 5.90. The molecule has 2 nitrogen and oxygen atoms in total. The van der Waals surface area contributed by atoms with E-state index in [1.165, 1.54) is 0 Å². The predicted octanol–water partition coefficient (Wildman–Crippen LogP) is 4.08. The van der Waals surface area contributed by atoms with E-state index in [2.05, 4.69) is 20.9 Å². The van der Waals surface area contributed by atoms with E-state index >= 15 is 0 Å². The lowest BCUT2D eigenvalue weighted by Crippen LogP contribution is -1.96. The van der Waals surface area contributed by atoms with Gasteiger partial charge in [-0.3, -0.25) is 0 Å². The molecule has 82 valence electrons. The van der Waals surface area contributed by atoms with Gasteiger partial charge in [-0.15, -0.1) is 0 Å². The van der Waals surface area contributed by atoms with E-state index in [1.54, 1.807) is 12.3 Å². The van der Waals surface area contributed by atoms with E-state index < -0.39 is 0 Å². The van der Waals surface area contributed by atoms with Gasteiger partial charge in [-0.25, -0.2) is 4.98 Å². The van der Waals surface area contributed by atoms with Crippen molar-refractivity contribution >= 4 is 27.5 Å². The van der Waals surface area contributed by atoms with Gasteiger partial charge < -0.3 is 4.74 Å². The van der Waals surface area contributed by atoms with Crippen LogP contribution in [0.15, 0.2) is 47.1 Å². The molecule has 0 aliphatic rings. The number of rotatable bonds is 3. The Hall–Kier alpha value is -1.06. The average molecular weight is 299 g/mol. The Kier molecular flexibility index (Phi) is 3.80. The Morgan fingerprint density at radius 2 is 2.00 bits per heavy atom. The number of hydrogen-bond donors (Lipinski definition) is 0. The highest BCUT2D eigenvalue weighted by Gasteiger charge is 2.03. The SMILES string of the molecule is Clc1cc(OCc2ccccc2)c(Br)cn1. The largest absolute Gasteiger partial charge is 0.488 e. The highest BCUT2D eigenvalue weighted by atomic mass is 79.9. The summed E-state index contributed by atoms with van der Waals surface area (Å²) >= 11 is 9.14.